The first kappa shape index (κ1) is 17.3. The molecule has 4 rings (SSSR count). The van der Waals surface area contributed by atoms with Crippen molar-refractivity contribution in [2.75, 3.05) is 13.6 Å². The number of hydrogen-bond donors (Lipinski definition) is 0. The van der Waals surface area contributed by atoms with Gasteiger partial charge in [0.25, 0.3) is 0 Å². The Morgan fingerprint density at radius 1 is 0.833 bits per heavy atom. The van der Waals surface area contributed by atoms with Crippen molar-refractivity contribution in [1.82, 2.24) is 9.80 Å². The third kappa shape index (κ3) is 2.76. The average Bonchev–Trinajstić information content (AvgIpc) is 3.04. The molecule has 0 radical (unpaired) electrons. The van der Waals surface area contributed by atoms with Crippen LogP contribution in [0.25, 0.3) is 0 Å². The zero-order valence-corrected chi connectivity index (χ0v) is 16.9. The highest BCUT2D eigenvalue weighted by molar-refractivity contribution is 5.22. The molecule has 2 aliphatic carbocycles. The largest absolute Gasteiger partial charge is 0.282 e. The minimum Gasteiger partial charge on any atom is -0.282 e. The van der Waals surface area contributed by atoms with Gasteiger partial charge in [0.05, 0.1) is 5.66 Å². The highest BCUT2D eigenvalue weighted by Crippen LogP contribution is 2.57. The van der Waals surface area contributed by atoms with E-state index in [1.54, 1.807) is 0 Å². The lowest BCUT2D eigenvalue weighted by Gasteiger charge is -2.39. The van der Waals surface area contributed by atoms with E-state index in [2.05, 4.69) is 44.5 Å². The molecule has 0 aromatic carbocycles. The van der Waals surface area contributed by atoms with Crippen LogP contribution in [0.4, 0.5) is 0 Å². The summed E-state index contributed by atoms with van der Waals surface area (Å²) in [6.45, 7) is 11.1. The zero-order valence-electron chi connectivity index (χ0n) is 16.9. The van der Waals surface area contributed by atoms with Gasteiger partial charge < -0.3 is 0 Å². The minimum atomic E-state index is 0.375. The molecule has 0 bridgehead atoms. The summed E-state index contributed by atoms with van der Waals surface area (Å²) in [5, 5.41) is 0. The number of rotatable bonds is 3. The van der Waals surface area contributed by atoms with Gasteiger partial charge in [0.2, 0.25) is 0 Å². The summed E-state index contributed by atoms with van der Waals surface area (Å²) in [6, 6.07) is 0.829. The molecule has 3 unspecified atom stereocenters. The van der Waals surface area contributed by atoms with Gasteiger partial charge in [-0.25, -0.2) is 0 Å². The second kappa shape index (κ2) is 5.98. The first-order chi connectivity index (χ1) is 11.3. The fraction of sp³-hybridized carbons (Fsp3) is 1.00. The van der Waals surface area contributed by atoms with Crippen LogP contribution < -0.4 is 0 Å². The molecule has 0 N–H and O–H groups in total. The Hall–Kier alpha value is -0.0800. The number of likely N-dealkylation sites (tertiary alicyclic amines) is 1. The molecular formula is C22H40N2. The maximum atomic E-state index is 2.82. The summed E-state index contributed by atoms with van der Waals surface area (Å²) in [4.78, 5) is 5.48. The Labute approximate surface area is 150 Å². The van der Waals surface area contributed by atoms with Crippen LogP contribution in [-0.2, 0) is 0 Å². The summed E-state index contributed by atoms with van der Waals surface area (Å²) in [5.41, 5.74) is 0.769. The summed E-state index contributed by atoms with van der Waals surface area (Å²) in [5.74, 6) is 4.12. The van der Waals surface area contributed by atoms with E-state index in [9.17, 15) is 0 Å². The average molecular weight is 333 g/mol. The van der Waals surface area contributed by atoms with Gasteiger partial charge in [0, 0.05) is 18.1 Å². The molecule has 0 spiro atoms. The molecule has 0 aromatic heterocycles. The maximum Gasteiger partial charge on any atom is 0.0875 e. The molecule has 2 heterocycles. The Morgan fingerprint density at radius 3 is 1.88 bits per heavy atom. The van der Waals surface area contributed by atoms with Crippen molar-refractivity contribution in [2.45, 2.75) is 103 Å². The van der Waals surface area contributed by atoms with Crippen molar-refractivity contribution >= 4 is 0 Å². The predicted molar refractivity (Wildman–Crippen MR) is 102 cm³/mol. The van der Waals surface area contributed by atoms with Gasteiger partial charge in [-0.05, 0) is 96.4 Å². The molecular weight excluding hydrogens is 292 g/mol. The van der Waals surface area contributed by atoms with Crippen molar-refractivity contribution in [1.29, 1.82) is 0 Å². The summed E-state index contributed by atoms with van der Waals surface area (Å²) >= 11 is 0. The zero-order chi connectivity index (χ0) is 17.1. The normalized spacial score (nSPS) is 51.4. The topological polar surface area (TPSA) is 6.25 Å². The van der Waals surface area contributed by atoms with E-state index in [0.29, 0.717) is 11.2 Å². The van der Waals surface area contributed by atoms with Crippen LogP contribution in [0, 0.1) is 23.7 Å². The standard InChI is InChI=1S/C22H40N2/c1-16-6-10-18(11-7-16)19-12-8-17(9-13-19)15-24-20-14-21(2,3)23(5)22(20,24)4/h16-20H,6-15H2,1-5H3. The third-order valence-corrected chi connectivity index (χ3v) is 8.87. The summed E-state index contributed by atoms with van der Waals surface area (Å²) in [6.07, 6.45) is 13.5. The number of likely N-dealkylation sites (N-methyl/N-ethyl adjacent to an activating group) is 1. The minimum absolute atomic E-state index is 0.375. The molecule has 0 amide bonds. The molecule has 2 saturated heterocycles. The van der Waals surface area contributed by atoms with E-state index in [-0.39, 0.29) is 0 Å². The lowest BCUT2D eigenvalue weighted by Crippen LogP contribution is -2.47. The van der Waals surface area contributed by atoms with E-state index in [0.717, 1.165) is 29.7 Å². The second-order valence-corrected chi connectivity index (χ2v) is 10.6. The predicted octanol–water partition coefficient (Wildman–Crippen LogP) is 5.13. The van der Waals surface area contributed by atoms with E-state index in [1.807, 2.05) is 0 Å². The molecule has 138 valence electrons. The SMILES string of the molecule is CC1CCC(C2CCC(CN3C4CC(C)(C)N(C)C43C)CC2)CC1. The lowest BCUT2D eigenvalue weighted by atomic mass is 9.69. The van der Waals surface area contributed by atoms with Crippen LogP contribution >= 0.6 is 0 Å². The molecule has 4 aliphatic rings. The Bertz CT molecular complexity index is 457. The summed E-state index contributed by atoms with van der Waals surface area (Å²) < 4.78 is 0. The monoisotopic (exact) mass is 332 g/mol. The number of nitrogens with zero attached hydrogens (tertiary/aromatic N) is 2. The van der Waals surface area contributed by atoms with Gasteiger partial charge >= 0.3 is 0 Å². The van der Waals surface area contributed by atoms with Crippen LogP contribution in [-0.4, -0.2) is 40.6 Å². The Kier molecular flexibility index (Phi) is 4.32. The number of fused-ring (bicyclic) bond motifs is 1. The van der Waals surface area contributed by atoms with E-state index < -0.39 is 0 Å². The van der Waals surface area contributed by atoms with Crippen molar-refractivity contribution in [3.05, 3.63) is 0 Å². The highest BCUT2D eigenvalue weighted by Gasteiger charge is 2.69. The molecule has 2 saturated carbocycles. The van der Waals surface area contributed by atoms with E-state index in [1.165, 1.54) is 64.3 Å². The fourth-order valence-corrected chi connectivity index (χ4v) is 6.65. The smallest absolute Gasteiger partial charge is 0.0875 e. The van der Waals surface area contributed by atoms with Crippen LogP contribution in [0.15, 0.2) is 0 Å². The quantitative estimate of drug-likeness (QED) is 0.661. The van der Waals surface area contributed by atoms with Gasteiger partial charge in [0.1, 0.15) is 0 Å². The summed E-state index contributed by atoms with van der Waals surface area (Å²) in [7, 11) is 2.35. The van der Waals surface area contributed by atoms with Crippen molar-refractivity contribution < 1.29 is 0 Å². The van der Waals surface area contributed by atoms with Gasteiger partial charge in [-0.1, -0.05) is 19.8 Å². The van der Waals surface area contributed by atoms with Crippen molar-refractivity contribution in [3.63, 3.8) is 0 Å². The molecule has 24 heavy (non-hydrogen) atoms. The van der Waals surface area contributed by atoms with Crippen molar-refractivity contribution in [2.24, 2.45) is 23.7 Å². The van der Waals surface area contributed by atoms with Crippen LogP contribution in [0.5, 0.6) is 0 Å². The lowest BCUT2D eigenvalue weighted by molar-refractivity contribution is 0.0620. The number of hydrogen-bond acceptors (Lipinski definition) is 2. The van der Waals surface area contributed by atoms with Gasteiger partial charge in [0.15, 0.2) is 0 Å². The molecule has 2 nitrogen and oxygen atoms in total. The first-order valence-electron chi connectivity index (χ1n) is 10.8. The van der Waals surface area contributed by atoms with Gasteiger partial charge in [-0.3, -0.25) is 9.80 Å². The third-order valence-electron chi connectivity index (χ3n) is 8.87. The van der Waals surface area contributed by atoms with Crippen molar-refractivity contribution in [3.8, 4) is 0 Å². The van der Waals surface area contributed by atoms with Crippen LogP contribution in [0.1, 0.15) is 85.5 Å². The van der Waals surface area contributed by atoms with E-state index in [4.69, 9.17) is 0 Å². The van der Waals surface area contributed by atoms with Gasteiger partial charge in [-0.2, -0.15) is 0 Å². The molecule has 2 aliphatic heterocycles. The van der Waals surface area contributed by atoms with Crippen LogP contribution in [0.2, 0.25) is 0 Å². The van der Waals surface area contributed by atoms with E-state index >= 15 is 0 Å². The van der Waals surface area contributed by atoms with Crippen LogP contribution in [0.3, 0.4) is 0 Å². The second-order valence-electron chi connectivity index (χ2n) is 10.6. The molecule has 4 fully saturated rings. The molecule has 3 atom stereocenters. The molecule has 0 aromatic rings. The molecule has 2 heteroatoms. The Balaban J connectivity index is 1.25. The Morgan fingerprint density at radius 2 is 1.38 bits per heavy atom. The highest BCUT2D eigenvalue weighted by atomic mass is 15.6. The maximum absolute atomic E-state index is 2.82. The van der Waals surface area contributed by atoms with Gasteiger partial charge in [-0.15, -0.1) is 0 Å². The first-order valence-corrected chi connectivity index (χ1v) is 10.8. The fourth-order valence-electron chi connectivity index (χ4n) is 6.65.